The lowest BCUT2D eigenvalue weighted by molar-refractivity contribution is 0.0670. The second kappa shape index (κ2) is 6.63. The van der Waals surface area contributed by atoms with Crippen LogP contribution in [0, 0.1) is 0 Å². The van der Waals surface area contributed by atoms with E-state index in [1.807, 2.05) is 48.4 Å². The third-order valence-electron chi connectivity index (χ3n) is 4.96. The summed E-state index contributed by atoms with van der Waals surface area (Å²) in [5.74, 6) is -0.0475. The molecule has 1 amide bonds. The lowest BCUT2D eigenvalue weighted by Gasteiger charge is -2.33. The van der Waals surface area contributed by atoms with E-state index in [9.17, 15) is 4.79 Å². The predicted octanol–water partition coefficient (Wildman–Crippen LogP) is 2.66. The molecule has 128 valence electrons. The number of amides is 1. The van der Waals surface area contributed by atoms with Crippen molar-refractivity contribution in [3.05, 3.63) is 53.4 Å². The highest BCUT2D eigenvalue weighted by atomic mass is 16.2. The van der Waals surface area contributed by atoms with Crippen LogP contribution in [-0.2, 0) is 0 Å². The maximum Gasteiger partial charge on any atom is 0.276 e. The van der Waals surface area contributed by atoms with Gasteiger partial charge in [0.2, 0.25) is 0 Å². The molecule has 0 saturated heterocycles. The van der Waals surface area contributed by atoms with Crippen LogP contribution in [0.4, 0.5) is 0 Å². The minimum absolute atomic E-state index is 0.0475. The quantitative estimate of drug-likeness (QED) is 0.863. The maximum atomic E-state index is 13.0. The fourth-order valence-electron chi connectivity index (χ4n) is 3.62. The number of aromatic nitrogens is 3. The molecule has 1 aliphatic carbocycles. The lowest BCUT2D eigenvalue weighted by atomic mass is 9.89. The molecule has 2 aliphatic rings. The normalized spacial score (nSPS) is 19.2. The molecule has 1 aliphatic heterocycles. The van der Waals surface area contributed by atoms with Crippen molar-refractivity contribution in [2.45, 2.75) is 32.2 Å². The number of hydrogen-bond acceptors (Lipinski definition) is 4. The van der Waals surface area contributed by atoms with Crippen LogP contribution in [0.25, 0.3) is 5.69 Å². The van der Waals surface area contributed by atoms with Crippen LogP contribution in [0.1, 0.15) is 36.7 Å². The molecule has 1 aromatic carbocycles. The number of aliphatic imine (C=N–C) groups is 1. The first-order valence-electron chi connectivity index (χ1n) is 8.75. The van der Waals surface area contributed by atoms with Crippen molar-refractivity contribution in [3.8, 4) is 5.69 Å². The van der Waals surface area contributed by atoms with E-state index < -0.39 is 0 Å². The zero-order valence-electron chi connectivity index (χ0n) is 14.3. The molecule has 4 rings (SSSR count). The molecule has 2 heterocycles. The highest BCUT2D eigenvalue weighted by Gasteiger charge is 2.30. The van der Waals surface area contributed by atoms with E-state index in [-0.39, 0.29) is 11.9 Å². The summed E-state index contributed by atoms with van der Waals surface area (Å²) in [7, 11) is 0. The number of nitrogens with zero attached hydrogens (tertiary/aromatic N) is 5. The number of benzene rings is 1. The van der Waals surface area contributed by atoms with Gasteiger partial charge in [0, 0.05) is 18.8 Å². The summed E-state index contributed by atoms with van der Waals surface area (Å²) in [6.07, 6.45) is 6.45. The minimum Gasteiger partial charge on any atom is -0.334 e. The molecule has 2 aromatic rings. The van der Waals surface area contributed by atoms with Gasteiger partial charge in [-0.1, -0.05) is 18.2 Å². The van der Waals surface area contributed by atoms with E-state index in [1.165, 1.54) is 15.9 Å². The van der Waals surface area contributed by atoms with Crippen molar-refractivity contribution in [1.82, 2.24) is 19.9 Å². The second-order valence-corrected chi connectivity index (χ2v) is 6.44. The molecule has 0 N–H and O–H groups in total. The molecule has 1 unspecified atom stereocenters. The van der Waals surface area contributed by atoms with Crippen molar-refractivity contribution in [1.29, 1.82) is 0 Å². The molecule has 1 aromatic heterocycles. The first-order valence-corrected chi connectivity index (χ1v) is 8.75. The second-order valence-electron chi connectivity index (χ2n) is 6.44. The van der Waals surface area contributed by atoms with Crippen molar-refractivity contribution in [3.63, 3.8) is 0 Å². The summed E-state index contributed by atoms with van der Waals surface area (Å²) >= 11 is 0. The molecule has 0 spiro atoms. The van der Waals surface area contributed by atoms with E-state index in [0.29, 0.717) is 12.2 Å². The highest BCUT2D eigenvalue weighted by Crippen LogP contribution is 2.30. The van der Waals surface area contributed by atoms with Crippen LogP contribution >= 0.6 is 0 Å². The lowest BCUT2D eigenvalue weighted by Crippen LogP contribution is -2.42. The SMILES string of the molecule is CCN(C(=O)c1cnn(-c2ccccc2)n1)C1CCC2=C(C=NC2)C1. The van der Waals surface area contributed by atoms with Crippen molar-refractivity contribution in [2.24, 2.45) is 4.99 Å². The molecule has 0 saturated carbocycles. The van der Waals surface area contributed by atoms with Crippen LogP contribution in [-0.4, -0.2) is 51.1 Å². The smallest absolute Gasteiger partial charge is 0.276 e. The number of carbonyl (C=O) groups excluding carboxylic acids is 1. The first kappa shape index (κ1) is 15.7. The van der Waals surface area contributed by atoms with Gasteiger partial charge < -0.3 is 4.90 Å². The Bertz CT molecular complexity index is 837. The van der Waals surface area contributed by atoms with Gasteiger partial charge in [0.05, 0.1) is 18.4 Å². The zero-order chi connectivity index (χ0) is 17.2. The summed E-state index contributed by atoms with van der Waals surface area (Å²) in [4.78, 5) is 20.8. The van der Waals surface area contributed by atoms with Gasteiger partial charge in [0.25, 0.3) is 5.91 Å². The van der Waals surface area contributed by atoms with Crippen LogP contribution in [0.5, 0.6) is 0 Å². The van der Waals surface area contributed by atoms with Gasteiger partial charge in [-0.25, -0.2) is 0 Å². The number of carbonyl (C=O) groups is 1. The van der Waals surface area contributed by atoms with Gasteiger partial charge in [-0.15, -0.1) is 5.10 Å². The maximum absolute atomic E-state index is 13.0. The van der Waals surface area contributed by atoms with E-state index in [2.05, 4.69) is 15.2 Å². The van der Waals surface area contributed by atoms with Crippen molar-refractivity contribution < 1.29 is 4.79 Å². The van der Waals surface area contributed by atoms with E-state index in [1.54, 1.807) is 6.20 Å². The van der Waals surface area contributed by atoms with Gasteiger partial charge >= 0.3 is 0 Å². The average molecular weight is 335 g/mol. The Morgan fingerprint density at radius 2 is 2.16 bits per heavy atom. The molecule has 0 bridgehead atoms. The predicted molar refractivity (Wildman–Crippen MR) is 96.1 cm³/mol. The molecule has 6 nitrogen and oxygen atoms in total. The van der Waals surface area contributed by atoms with Crippen molar-refractivity contribution >= 4 is 12.1 Å². The van der Waals surface area contributed by atoms with Gasteiger partial charge in [0.1, 0.15) is 0 Å². The monoisotopic (exact) mass is 335 g/mol. The number of para-hydroxylation sites is 1. The Morgan fingerprint density at radius 3 is 2.96 bits per heavy atom. The molecule has 25 heavy (non-hydrogen) atoms. The Morgan fingerprint density at radius 1 is 1.32 bits per heavy atom. The van der Waals surface area contributed by atoms with Crippen LogP contribution in [0.2, 0.25) is 0 Å². The summed E-state index contributed by atoms with van der Waals surface area (Å²) in [5.41, 5.74) is 4.00. The highest BCUT2D eigenvalue weighted by molar-refractivity contribution is 5.92. The summed E-state index contributed by atoms with van der Waals surface area (Å²) in [6, 6.07) is 9.84. The van der Waals surface area contributed by atoms with Crippen molar-refractivity contribution in [2.75, 3.05) is 13.1 Å². The molecule has 0 radical (unpaired) electrons. The fraction of sp³-hybridized carbons (Fsp3) is 0.368. The molecule has 1 atom stereocenters. The van der Waals surface area contributed by atoms with Crippen LogP contribution in [0.3, 0.4) is 0 Å². The third kappa shape index (κ3) is 2.99. The van der Waals surface area contributed by atoms with E-state index in [4.69, 9.17) is 0 Å². The molecule has 0 fully saturated rings. The number of rotatable bonds is 4. The summed E-state index contributed by atoms with van der Waals surface area (Å²) < 4.78 is 0. The number of hydrogen-bond donors (Lipinski definition) is 0. The van der Waals surface area contributed by atoms with Crippen LogP contribution in [0.15, 0.2) is 52.7 Å². The third-order valence-corrected chi connectivity index (χ3v) is 4.96. The summed E-state index contributed by atoms with van der Waals surface area (Å²) in [5, 5.41) is 8.64. The largest absolute Gasteiger partial charge is 0.334 e. The minimum atomic E-state index is -0.0475. The average Bonchev–Trinajstić information content (AvgIpc) is 3.32. The molecular weight excluding hydrogens is 314 g/mol. The summed E-state index contributed by atoms with van der Waals surface area (Å²) in [6.45, 7) is 3.53. The Labute approximate surface area is 146 Å². The first-order chi connectivity index (χ1) is 12.3. The van der Waals surface area contributed by atoms with Gasteiger partial charge in [-0.05, 0) is 49.5 Å². The van der Waals surface area contributed by atoms with E-state index >= 15 is 0 Å². The molecule has 6 heteroatoms. The Hall–Kier alpha value is -2.76. The fourth-order valence-corrected chi connectivity index (χ4v) is 3.62. The van der Waals surface area contributed by atoms with Crippen LogP contribution < -0.4 is 0 Å². The standard InChI is InChI=1S/C19H21N5O/c1-2-23(17-9-8-14-11-20-12-15(14)10-17)19(25)18-13-21-24(22-18)16-6-4-3-5-7-16/h3-7,12-13,17H,2,8-11H2,1H3. The van der Waals surface area contributed by atoms with E-state index in [0.717, 1.165) is 31.5 Å². The van der Waals surface area contributed by atoms with Gasteiger partial charge in [-0.2, -0.15) is 9.90 Å². The van der Waals surface area contributed by atoms with Gasteiger partial charge in [-0.3, -0.25) is 9.79 Å². The topological polar surface area (TPSA) is 63.4 Å². The van der Waals surface area contributed by atoms with Gasteiger partial charge in [0.15, 0.2) is 5.69 Å². The zero-order valence-corrected chi connectivity index (χ0v) is 14.3. The Kier molecular flexibility index (Phi) is 4.17. The Balaban J connectivity index is 1.53. The molecular formula is C19H21N5O.